The Kier molecular flexibility index (Phi) is 9.66. The first-order valence-electron chi connectivity index (χ1n) is 13.8. The van der Waals surface area contributed by atoms with Gasteiger partial charge < -0.3 is 4.98 Å². The minimum Gasteiger partial charge on any atom is -0.309 e. The fourth-order valence-corrected chi connectivity index (χ4v) is 5.02. The Balaban J connectivity index is 0.000000168. The van der Waals surface area contributed by atoms with Crippen molar-refractivity contribution in [2.24, 2.45) is 0 Å². The molecule has 42 heavy (non-hydrogen) atoms. The molecule has 0 aliphatic heterocycles. The van der Waals surface area contributed by atoms with E-state index in [0.717, 1.165) is 35.3 Å². The highest BCUT2D eigenvalue weighted by Gasteiger charge is 2.09. The number of hydrogen-bond acceptors (Lipinski definition) is 6. The molecule has 0 radical (unpaired) electrons. The Morgan fingerprint density at radius 1 is 0.595 bits per heavy atom. The van der Waals surface area contributed by atoms with Crippen molar-refractivity contribution in [3.05, 3.63) is 147 Å². The van der Waals surface area contributed by atoms with Gasteiger partial charge in [-0.25, -0.2) is 15.0 Å². The van der Waals surface area contributed by atoms with Crippen molar-refractivity contribution in [3.8, 4) is 0 Å². The predicted octanol–water partition coefficient (Wildman–Crippen LogP) is 6.47. The van der Waals surface area contributed by atoms with Crippen molar-refractivity contribution in [2.75, 3.05) is 14.1 Å². The van der Waals surface area contributed by atoms with E-state index < -0.39 is 0 Å². The largest absolute Gasteiger partial charge is 0.309 e. The van der Waals surface area contributed by atoms with Gasteiger partial charge in [0.15, 0.2) is 0 Å². The first-order chi connectivity index (χ1) is 20.4. The number of aromatic nitrogens is 4. The van der Waals surface area contributed by atoms with Gasteiger partial charge in [0.1, 0.15) is 16.8 Å². The SMILES string of the molecule is CN(Cc1ccccc1)Cc1nc(Cl)c2ccccc2n1.CN(Cc1ccccc1)Cc1nc2ccccc2c(=O)[nH]1. The fourth-order valence-electron chi connectivity index (χ4n) is 4.76. The molecule has 0 fully saturated rings. The lowest BCUT2D eigenvalue weighted by molar-refractivity contribution is 0.310. The van der Waals surface area contributed by atoms with E-state index in [-0.39, 0.29) is 5.56 Å². The van der Waals surface area contributed by atoms with E-state index in [1.165, 1.54) is 11.1 Å². The molecule has 0 saturated heterocycles. The van der Waals surface area contributed by atoms with Crippen molar-refractivity contribution in [1.82, 2.24) is 29.7 Å². The number of rotatable bonds is 8. The van der Waals surface area contributed by atoms with Gasteiger partial charge in [0.25, 0.3) is 5.56 Å². The molecule has 0 atom stereocenters. The van der Waals surface area contributed by atoms with Crippen LogP contribution in [0.5, 0.6) is 0 Å². The van der Waals surface area contributed by atoms with Crippen LogP contribution in [-0.4, -0.2) is 43.8 Å². The maximum atomic E-state index is 12.0. The number of nitrogens with one attached hydrogen (secondary N) is 1. The van der Waals surface area contributed by atoms with Crippen LogP contribution in [0.4, 0.5) is 0 Å². The molecule has 6 aromatic rings. The molecule has 4 aromatic carbocycles. The number of para-hydroxylation sites is 2. The zero-order chi connectivity index (χ0) is 29.3. The highest BCUT2D eigenvalue weighted by molar-refractivity contribution is 6.34. The number of hydrogen-bond donors (Lipinski definition) is 1. The molecule has 0 spiro atoms. The minimum atomic E-state index is -0.0799. The third-order valence-electron chi connectivity index (χ3n) is 6.69. The number of nitrogens with zero attached hydrogens (tertiary/aromatic N) is 5. The first-order valence-corrected chi connectivity index (χ1v) is 14.2. The maximum absolute atomic E-state index is 12.0. The van der Waals surface area contributed by atoms with Crippen LogP contribution in [0.2, 0.25) is 5.15 Å². The topological polar surface area (TPSA) is 78.0 Å². The van der Waals surface area contributed by atoms with Crippen molar-refractivity contribution >= 4 is 33.4 Å². The quantitative estimate of drug-likeness (QED) is 0.209. The van der Waals surface area contributed by atoms with Crippen molar-refractivity contribution in [2.45, 2.75) is 26.2 Å². The zero-order valence-corrected chi connectivity index (χ0v) is 24.5. The van der Waals surface area contributed by atoms with Crippen LogP contribution >= 0.6 is 11.6 Å². The smallest absolute Gasteiger partial charge is 0.258 e. The van der Waals surface area contributed by atoms with Crippen LogP contribution in [0.3, 0.4) is 0 Å². The molecule has 0 bridgehead atoms. The molecule has 212 valence electrons. The van der Waals surface area contributed by atoms with Gasteiger partial charge in [-0.05, 0) is 49.5 Å². The highest BCUT2D eigenvalue weighted by atomic mass is 35.5. The Hall–Kier alpha value is -4.43. The summed E-state index contributed by atoms with van der Waals surface area (Å²) >= 11 is 6.24. The Morgan fingerprint density at radius 3 is 1.71 bits per heavy atom. The predicted molar refractivity (Wildman–Crippen MR) is 170 cm³/mol. The number of H-pyrrole nitrogens is 1. The molecule has 6 rings (SSSR count). The van der Waals surface area contributed by atoms with E-state index >= 15 is 0 Å². The standard InChI is InChI=1S/C17H16ClN3.C17H17N3O/c1-21(11-13-7-3-2-4-8-13)12-16-19-15-10-6-5-9-14(15)17(18)20-16;1-20(11-13-7-3-2-4-8-13)12-16-18-15-10-6-5-9-14(15)17(21)19-16/h2-10H,11-12H2,1H3;2-10H,11-12H2,1H3,(H,18,19,21). The summed E-state index contributed by atoms with van der Waals surface area (Å²) in [7, 11) is 4.07. The summed E-state index contributed by atoms with van der Waals surface area (Å²) in [4.78, 5) is 32.7. The van der Waals surface area contributed by atoms with Crippen LogP contribution < -0.4 is 5.56 Å². The normalized spacial score (nSPS) is 11.2. The van der Waals surface area contributed by atoms with Gasteiger partial charge in [-0.2, -0.15) is 0 Å². The third-order valence-corrected chi connectivity index (χ3v) is 6.97. The molecule has 0 amide bonds. The van der Waals surface area contributed by atoms with Gasteiger partial charge >= 0.3 is 0 Å². The monoisotopic (exact) mass is 576 g/mol. The molecule has 7 nitrogen and oxygen atoms in total. The molecule has 1 N–H and O–H groups in total. The molecular formula is C34H33ClN6O. The van der Waals surface area contributed by atoms with E-state index in [4.69, 9.17) is 11.6 Å². The number of aromatic amines is 1. The van der Waals surface area contributed by atoms with Crippen LogP contribution in [-0.2, 0) is 26.2 Å². The zero-order valence-electron chi connectivity index (χ0n) is 23.7. The van der Waals surface area contributed by atoms with Crippen LogP contribution in [0.1, 0.15) is 22.8 Å². The summed E-state index contributed by atoms with van der Waals surface area (Å²) in [6.45, 7) is 2.94. The summed E-state index contributed by atoms with van der Waals surface area (Å²) in [5, 5.41) is 2.05. The maximum Gasteiger partial charge on any atom is 0.258 e. The minimum absolute atomic E-state index is 0.0799. The van der Waals surface area contributed by atoms with Crippen LogP contribution in [0, 0.1) is 0 Å². The number of halogens is 1. The lowest BCUT2D eigenvalue weighted by atomic mass is 10.2. The Bertz CT molecular complexity index is 1810. The summed E-state index contributed by atoms with van der Waals surface area (Å²) in [6, 6.07) is 35.8. The van der Waals surface area contributed by atoms with Crippen molar-refractivity contribution < 1.29 is 0 Å². The molecule has 0 saturated carbocycles. The van der Waals surface area contributed by atoms with Gasteiger partial charge in [-0.3, -0.25) is 14.6 Å². The second-order valence-electron chi connectivity index (χ2n) is 10.3. The Morgan fingerprint density at radius 2 is 1.10 bits per heavy atom. The average Bonchev–Trinajstić information content (AvgIpc) is 2.98. The molecule has 0 aliphatic carbocycles. The average molecular weight is 577 g/mol. The second-order valence-corrected chi connectivity index (χ2v) is 10.7. The summed E-state index contributed by atoms with van der Waals surface area (Å²) < 4.78 is 0. The van der Waals surface area contributed by atoms with Gasteiger partial charge in [0, 0.05) is 18.5 Å². The van der Waals surface area contributed by atoms with E-state index in [9.17, 15) is 4.79 Å². The molecule has 2 aromatic heterocycles. The number of benzene rings is 4. The summed E-state index contributed by atoms with van der Waals surface area (Å²) in [6.07, 6.45) is 0. The lowest BCUT2D eigenvalue weighted by Gasteiger charge is -2.16. The van der Waals surface area contributed by atoms with Crippen LogP contribution in [0.25, 0.3) is 21.8 Å². The van der Waals surface area contributed by atoms with Gasteiger partial charge in [-0.1, -0.05) is 96.5 Å². The third kappa shape index (κ3) is 7.85. The van der Waals surface area contributed by atoms with Gasteiger partial charge in [0.2, 0.25) is 0 Å². The molecule has 0 unspecified atom stereocenters. The molecular weight excluding hydrogens is 544 g/mol. The second kappa shape index (κ2) is 14.0. The highest BCUT2D eigenvalue weighted by Crippen LogP contribution is 2.20. The Labute approximate surface area is 250 Å². The van der Waals surface area contributed by atoms with Crippen molar-refractivity contribution in [3.63, 3.8) is 0 Å². The summed E-state index contributed by atoms with van der Waals surface area (Å²) in [5.74, 6) is 1.44. The first kappa shape index (κ1) is 29.1. The van der Waals surface area contributed by atoms with Gasteiger partial charge in [-0.15, -0.1) is 0 Å². The van der Waals surface area contributed by atoms with Gasteiger partial charge in [0.05, 0.1) is 29.5 Å². The molecule has 0 aliphatic rings. The van der Waals surface area contributed by atoms with E-state index in [0.29, 0.717) is 29.5 Å². The summed E-state index contributed by atoms with van der Waals surface area (Å²) in [5.41, 5.74) is 4.06. The van der Waals surface area contributed by atoms with Crippen LogP contribution in [0.15, 0.2) is 114 Å². The lowest BCUT2D eigenvalue weighted by Crippen LogP contribution is -2.21. The van der Waals surface area contributed by atoms with E-state index in [1.807, 2.05) is 85.9 Å². The van der Waals surface area contributed by atoms with Crippen molar-refractivity contribution in [1.29, 1.82) is 0 Å². The fraction of sp³-hybridized carbons (Fsp3) is 0.176. The van der Waals surface area contributed by atoms with E-state index in [2.05, 4.69) is 61.0 Å². The molecule has 8 heteroatoms. The number of fused-ring (bicyclic) bond motifs is 2. The molecule has 2 heterocycles. The van der Waals surface area contributed by atoms with E-state index in [1.54, 1.807) is 6.07 Å².